The van der Waals surface area contributed by atoms with Crippen molar-refractivity contribution in [3.05, 3.63) is 94.1 Å². The number of nitrogens with zero attached hydrogens (tertiary/aromatic N) is 1. The van der Waals surface area contributed by atoms with Crippen molar-refractivity contribution in [1.82, 2.24) is 0 Å². The Morgan fingerprint density at radius 1 is 0.973 bits per heavy atom. The first kappa shape index (κ1) is 23.8. The molecule has 3 aromatic carbocycles. The maximum atomic E-state index is 13.0. The van der Waals surface area contributed by atoms with Gasteiger partial charge < -0.3 is 29.1 Å². The smallest absolute Gasteiger partial charge is 0.379 e. The van der Waals surface area contributed by atoms with Gasteiger partial charge in [0.05, 0.1) is 20.1 Å². The number of nitrogens with two attached hydrogens (primary N) is 1. The van der Waals surface area contributed by atoms with E-state index in [0.717, 1.165) is 10.9 Å². The molecule has 0 bridgehead atoms. The third-order valence-corrected chi connectivity index (χ3v) is 6.43. The van der Waals surface area contributed by atoms with Gasteiger partial charge in [-0.2, -0.15) is 5.26 Å². The highest BCUT2D eigenvalue weighted by molar-refractivity contribution is 5.97. The molecule has 0 radical (unpaired) electrons. The van der Waals surface area contributed by atoms with Crippen LogP contribution in [0.2, 0.25) is 0 Å². The molecule has 0 amide bonds. The van der Waals surface area contributed by atoms with Gasteiger partial charge in [-0.15, -0.1) is 0 Å². The Bertz CT molecular complexity index is 1630. The van der Waals surface area contributed by atoms with Gasteiger partial charge in [0.25, 0.3) is 0 Å². The van der Waals surface area contributed by atoms with Crippen molar-refractivity contribution in [2.24, 2.45) is 5.73 Å². The fourth-order valence-corrected chi connectivity index (χ4v) is 4.57. The number of furan rings is 1. The van der Waals surface area contributed by atoms with Crippen molar-refractivity contribution in [2.75, 3.05) is 14.2 Å². The molecule has 37 heavy (non-hydrogen) atoms. The van der Waals surface area contributed by atoms with Gasteiger partial charge in [-0.3, -0.25) is 0 Å². The average Bonchev–Trinajstić information content (AvgIpc) is 3.23. The number of ether oxygens (including phenoxy) is 4. The van der Waals surface area contributed by atoms with Crippen LogP contribution in [0, 0.1) is 25.2 Å². The highest BCUT2D eigenvalue weighted by Crippen LogP contribution is 2.46. The number of aryl methyl sites for hydroxylation is 2. The van der Waals surface area contributed by atoms with E-state index >= 15 is 0 Å². The standard InChI is InChI=1S/C29H24N2O6/c1-15-5-9-24-20(11-15)16(2)27(36-24)29(32)35-18-6-8-19-25(13-18)37-28(31)22(14-30)26(19)21-12-17(33-3)7-10-23(21)34-4/h5-13,26H,31H2,1-4H3. The Hall–Kier alpha value is -4.90. The molecule has 2 heterocycles. The Balaban J connectivity index is 1.53. The molecule has 5 rings (SSSR count). The SMILES string of the molecule is COc1ccc(OC)c(C2C(C#N)=C(N)Oc3cc(OC(=O)c4oc5ccc(C)cc5c4C)ccc32)c1. The van der Waals surface area contributed by atoms with Gasteiger partial charge in [0, 0.05) is 28.1 Å². The van der Waals surface area contributed by atoms with Crippen LogP contribution in [0.4, 0.5) is 0 Å². The van der Waals surface area contributed by atoms with E-state index in [-0.39, 0.29) is 23.0 Å². The van der Waals surface area contributed by atoms with Gasteiger partial charge in [0.2, 0.25) is 11.6 Å². The number of methoxy groups -OCH3 is 2. The second-order valence-corrected chi connectivity index (χ2v) is 8.68. The molecule has 186 valence electrons. The van der Waals surface area contributed by atoms with Crippen molar-refractivity contribution in [3.8, 4) is 29.1 Å². The summed E-state index contributed by atoms with van der Waals surface area (Å²) in [5.74, 6) is 0.630. The predicted octanol–water partition coefficient (Wildman–Crippen LogP) is 5.50. The van der Waals surface area contributed by atoms with Crippen molar-refractivity contribution in [2.45, 2.75) is 19.8 Å². The summed E-state index contributed by atoms with van der Waals surface area (Å²) in [5.41, 5.74) is 10.1. The summed E-state index contributed by atoms with van der Waals surface area (Å²) >= 11 is 0. The van der Waals surface area contributed by atoms with E-state index in [1.54, 1.807) is 50.6 Å². The fourth-order valence-electron chi connectivity index (χ4n) is 4.57. The fraction of sp³-hybridized carbons (Fsp3) is 0.172. The Labute approximate surface area is 213 Å². The lowest BCUT2D eigenvalue weighted by molar-refractivity contribution is 0.0702. The van der Waals surface area contributed by atoms with Crippen LogP contribution in [0.25, 0.3) is 11.0 Å². The summed E-state index contributed by atoms with van der Waals surface area (Å²) in [7, 11) is 3.11. The minimum Gasteiger partial charge on any atom is -0.497 e. The molecule has 0 saturated carbocycles. The van der Waals surface area contributed by atoms with Crippen molar-refractivity contribution in [3.63, 3.8) is 0 Å². The molecule has 1 aliphatic heterocycles. The van der Waals surface area contributed by atoms with E-state index in [0.29, 0.717) is 39.5 Å². The molecule has 1 aliphatic rings. The van der Waals surface area contributed by atoms with Gasteiger partial charge in [-0.05, 0) is 50.2 Å². The third-order valence-electron chi connectivity index (χ3n) is 6.43. The van der Waals surface area contributed by atoms with Crippen LogP contribution >= 0.6 is 0 Å². The van der Waals surface area contributed by atoms with Crippen LogP contribution in [0.5, 0.6) is 23.0 Å². The predicted molar refractivity (Wildman–Crippen MR) is 136 cm³/mol. The molecule has 0 aliphatic carbocycles. The number of hydrogen-bond acceptors (Lipinski definition) is 8. The number of fused-ring (bicyclic) bond motifs is 2. The summed E-state index contributed by atoms with van der Waals surface area (Å²) in [4.78, 5) is 13.0. The average molecular weight is 497 g/mol. The lowest BCUT2D eigenvalue weighted by Gasteiger charge is -2.28. The first-order valence-corrected chi connectivity index (χ1v) is 11.5. The minimum atomic E-state index is -0.630. The van der Waals surface area contributed by atoms with Crippen molar-refractivity contribution < 1.29 is 28.2 Å². The van der Waals surface area contributed by atoms with E-state index in [1.807, 2.05) is 32.0 Å². The maximum Gasteiger partial charge on any atom is 0.379 e. The van der Waals surface area contributed by atoms with Gasteiger partial charge in [-0.1, -0.05) is 17.7 Å². The molecule has 8 heteroatoms. The molecule has 1 aromatic heterocycles. The largest absolute Gasteiger partial charge is 0.497 e. The van der Waals surface area contributed by atoms with E-state index in [1.165, 1.54) is 0 Å². The van der Waals surface area contributed by atoms with Crippen molar-refractivity contribution >= 4 is 16.9 Å². The minimum absolute atomic E-state index is 0.0446. The summed E-state index contributed by atoms with van der Waals surface area (Å²) in [6, 6.07) is 18.1. The lowest BCUT2D eigenvalue weighted by Crippen LogP contribution is -2.21. The van der Waals surface area contributed by atoms with Crippen molar-refractivity contribution in [1.29, 1.82) is 5.26 Å². The van der Waals surface area contributed by atoms with E-state index in [9.17, 15) is 10.1 Å². The summed E-state index contributed by atoms with van der Waals surface area (Å²) in [5, 5.41) is 10.8. The van der Waals surface area contributed by atoms with Crippen LogP contribution in [-0.4, -0.2) is 20.2 Å². The zero-order valence-corrected chi connectivity index (χ0v) is 20.7. The van der Waals surface area contributed by atoms with E-state index in [2.05, 4.69) is 6.07 Å². The molecule has 8 nitrogen and oxygen atoms in total. The summed E-state index contributed by atoms with van der Waals surface area (Å²) in [6.45, 7) is 3.79. The molecule has 1 unspecified atom stereocenters. The number of hydrogen-bond donors (Lipinski definition) is 1. The van der Waals surface area contributed by atoms with Gasteiger partial charge in [-0.25, -0.2) is 4.79 Å². The van der Waals surface area contributed by atoms with Crippen LogP contribution < -0.4 is 24.7 Å². The van der Waals surface area contributed by atoms with Gasteiger partial charge >= 0.3 is 5.97 Å². The lowest BCUT2D eigenvalue weighted by atomic mass is 9.83. The first-order valence-electron chi connectivity index (χ1n) is 11.5. The summed E-state index contributed by atoms with van der Waals surface area (Å²) < 4.78 is 28.1. The van der Waals surface area contributed by atoms with Crippen LogP contribution in [0.15, 0.2) is 70.5 Å². The zero-order valence-electron chi connectivity index (χ0n) is 20.7. The molecule has 2 N–H and O–H groups in total. The molecular formula is C29H24N2O6. The monoisotopic (exact) mass is 496 g/mol. The van der Waals surface area contributed by atoms with Crippen LogP contribution in [0.1, 0.15) is 38.7 Å². The van der Waals surface area contributed by atoms with E-state index in [4.69, 9.17) is 29.1 Å². The topological polar surface area (TPSA) is 117 Å². The number of nitriles is 1. The third kappa shape index (κ3) is 4.10. The number of rotatable bonds is 5. The molecule has 0 saturated heterocycles. The number of carbonyl (C=O) groups excluding carboxylic acids is 1. The quantitative estimate of drug-likeness (QED) is 0.284. The summed E-state index contributed by atoms with van der Waals surface area (Å²) in [6.07, 6.45) is 0. The highest BCUT2D eigenvalue weighted by atomic mass is 16.5. The molecule has 4 aromatic rings. The molecule has 0 spiro atoms. The first-order chi connectivity index (χ1) is 17.8. The maximum absolute atomic E-state index is 13.0. The van der Waals surface area contributed by atoms with E-state index < -0.39 is 11.9 Å². The molecule has 0 fully saturated rings. The highest BCUT2D eigenvalue weighted by Gasteiger charge is 2.33. The Kier molecular flexibility index (Phi) is 5.98. The Morgan fingerprint density at radius 3 is 2.49 bits per heavy atom. The normalized spacial score (nSPS) is 14.5. The second kappa shape index (κ2) is 9.28. The zero-order chi connectivity index (χ0) is 26.3. The number of benzene rings is 3. The van der Waals surface area contributed by atoms with Gasteiger partial charge in [0.1, 0.15) is 40.2 Å². The number of allylic oxidation sites excluding steroid dienone is 1. The Morgan fingerprint density at radius 2 is 1.76 bits per heavy atom. The van der Waals surface area contributed by atoms with Gasteiger partial charge in [0.15, 0.2) is 0 Å². The van der Waals surface area contributed by atoms with Crippen LogP contribution in [-0.2, 0) is 0 Å². The molecule has 1 atom stereocenters. The second-order valence-electron chi connectivity index (χ2n) is 8.68. The van der Waals surface area contributed by atoms with Crippen LogP contribution in [0.3, 0.4) is 0 Å². The number of esters is 1. The number of carbonyl (C=O) groups is 1. The molecular weight excluding hydrogens is 472 g/mol.